The lowest BCUT2D eigenvalue weighted by molar-refractivity contribution is -0.137. The van der Waals surface area contributed by atoms with Crippen molar-refractivity contribution in [1.82, 2.24) is 24.9 Å². The van der Waals surface area contributed by atoms with Crippen LogP contribution < -0.4 is 5.56 Å². The molecule has 0 amide bonds. The Morgan fingerprint density at radius 3 is 2.83 bits per heavy atom. The Morgan fingerprint density at radius 2 is 2.05 bits per heavy atom. The van der Waals surface area contributed by atoms with Crippen molar-refractivity contribution in [3.63, 3.8) is 0 Å². The van der Waals surface area contributed by atoms with E-state index in [1.54, 1.807) is 22.1 Å². The monoisotopic (exact) mass is 569 g/mol. The molecule has 9 heteroatoms. The van der Waals surface area contributed by atoms with Crippen LogP contribution in [0.2, 0.25) is 0 Å². The topological polar surface area (TPSA) is 104 Å². The molecular formula is C32H35N5O3S. The van der Waals surface area contributed by atoms with Crippen molar-refractivity contribution in [2.75, 3.05) is 6.54 Å². The van der Waals surface area contributed by atoms with Crippen molar-refractivity contribution in [3.05, 3.63) is 91.2 Å². The van der Waals surface area contributed by atoms with Crippen LogP contribution >= 0.6 is 11.3 Å². The van der Waals surface area contributed by atoms with Gasteiger partial charge in [0.25, 0.3) is 0 Å². The van der Waals surface area contributed by atoms with Gasteiger partial charge in [0.2, 0.25) is 5.56 Å². The summed E-state index contributed by atoms with van der Waals surface area (Å²) in [7, 11) is 1.88. The molecule has 3 aromatic heterocycles. The van der Waals surface area contributed by atoms with Crippen LogP contribution in [-0.2, 0) is 31.4 Å². The lowest BCUT2D eigenvalue weighted by Crippen LogP contribution is -2.28. The SMILES string of the molecule is CC[C@H]1Cc2ccc(=O)[nH]c2CN(Cc2cc(C(CC(=O)O)c3cc(C)c4c(nnn4C)c3C)cc3ccsc23)C1. The third kappa shape index (κ3) is 5.20. The number of carbonyl (C=O) groups is 1. The van der Waals surface area contributed by atoms with Crippen molar-refractivity contribution in [2.45, 2.75) is 59.0 Å². The molecule has 6 rings (SSSR count). The summed E-state index contributed by atoms with van der Waals surface area (Å²) in [6, 6.07) is 12.2. The maximum Gasteiger partial charge on any atom is 0.304 e. The lowest BCUT2D eigenvalue weighted by Gasteiger charge is -2.25. The predicted octanol–water partition coefficient (Wildman–Crippen LogP) is 5.68. The minimum absolute atomic E-state index is 0.0165. The fourth-order valence-corrected chi connectivity index (χ4v) is 7.47. The third-order valence-electron chi connectivity index (χ3n) is 8.64. The number of aromatic amines is 1. The highest BCUT2D eigenvalue weighted by atomic mass is 32.1. The number of nitrogens with zero attached hydrogens (tertiary/aromatic N) is 4. The highest BCUT2D eigenvalue weighted by Gasteiger charge is 2.26. The van der Waals surface area contributed by atoms with Gasteiger partial charge in [-0.15, -0.1) is 16.4 Å². The molecule has 0 fully saturated rings. The van der Waals surface area contributed by atoms with Gasteiger partial charge in [0.15, 0.2) is 0 Å². The summed E-state index contributed by atoms with van der Waals surface area (Å²) in [5.74, 6) is -0.671. The Kier molecular flexibility index (Phi) is 7.25. The summed E-state index contributed by atoms with van der Waals surface area (Å²) in [4.78, 5) is 29.9. The molecule has 2 atom stereocenters. The number of hydrogen-bond donors (Lipinski definition) is 2. The summed E-state index contributed by atoms with van der Waals surface area (Å²) in [6.07, 6.45) is 2.00. The van der Waals surface area contributed by atoms with E-state index in [1.165, 1.54) is 15.8 Å². The molecular weight excluding hydrogens is 534 g/mol. The second-order valence-electron chi connectivity index (χ2n) is 11.5. The first-order valence-electron chi connectivity index (χ1n) is 14.2. The van der Waals surface area contributed by atoms with E-state index < -0.39 is 5.97 Å². The van der Waals surface area contributed by atoms with Gasteiger partial charge in [-0.1, -0.05) is 36.8 Å². The van der Waals surface area contributed by atoms with Crippen molar-refractivity contribution in [2.24, 2.45) is 13.0 Å². The minimum Gasteiger partial charge on any atom is -0.481 e. The number of aryl methyl sites for hydroxylation is 3. The van der Waals surface area contributed by atoms with Crippen LogP contribution in [0.5, 0.6) is 0 Å². The molecule has 5 aromatic rings. The van der Waals surface area contributed by atoms with E-state index >= 15 is 0 Å². The normalized spacial score (nSPS) is 16.6. The number of nitrogens with one attached hydrogen (secondary N) is 1. The second-order valence-corrected chi connectivity index (χ2v) is 12.4. The number of aromatic nitrogens is 4. The van der Waals surface area contributed by atoms with Gasteiger partial charge in [-0.05, 0) is 82.5 Å². The van der Waals surface area contributed by atoms with Crippen LogP contribution in [0.3, 0.4) is 0 Å². The first-order chi connectivity index (χ1) is 19.7. The molecule has 0 saturated heterocycles. The van der Waals surface area contributed by atoms with Gasteiger partial charge in [-0.25, -0.2) is 4.68 Å². The zero-order valence-corrected chi connectivity index (χ0v) is 24.7. The van der Waals surface area contributed by atoms with Crippen LogP contribution in [0.1, 0.15) is 64.8 Å². The Morgan fingerprint density at radius 1 is 1.22 bits per heavy atom. The predicted molar refractivity (Wildman–Crippen MR) is 163 cm³/mol. The molecule has 0 saturated carbocycles. The number of rotatable bonds is 7. The number of carboxylic acid groups (broad SMARTS) is 1. The molecule has 41 heavy (non-hydrogen) atoms. The largest absolute Gasteiger partial charge is 0.481 e. The molecule has 1 unspecified atom stereocenters. The molecule has 0 aliphatic carbocycles. The molecule has 0 bridgehead atoms. The van der Waals surface area contributed by atoms with Crippen LogP contribution in [0, 0.1) is 19.8 Å². The van der Waals surface area contributed by atoms with Crippen molar-refractivity contribution >= 4 is 38.4 Å². The van der Waals surface area contributed by atoms with Crippen LogP contribution in [0.25, 0.3) is 21.1 Å². The van der Waals surface area contributed by atoms with E-state index in [1.807, 2.05) is 27.0 Å². The summed E-state index contributed by atoms with van der Waals surface area (Å²) >= 11 is 1.72. The highest BCUT2D eigenvalue weighted by Crippen LogP contribution is 2.38. The van der Waals surface area contributed by atoms with E-state index in [2.05, 4.69) is 56.8 Å². The summed E-state index contributed by atoms with van der Waals surface area (Å²) < 4.78 is 3.00. The fourth-order valence-electron chi connectivity index (χ4n) is 6.59. The minimum atomic E-state index is -0.836. The molecule has 8 nitrogen and oxygen atoms in total. The first-order valence-corrected chi connectivity index (χ1v) is 15.0. The van der Waals surface area contributed by atoms with E-state index in [0.717, 1.165) is 70.3 Å². The average molecular weight is 570 g/mol. The standard InChI is InChI=1S/C32H35N5O3S/c1-5-20-11-21-6-7-28(38)33-27(21)17-37(15-20)16-24-13-23(12-22-8-9-41-32(22)24)26(14-29(39)40)25-10-18(2)31-30(19(25)3)34-35-36(31)4/h6-10,12-13,20,26H,5,11,14-17H2,1-4H3,(H,33,38)(H,39,40)/t20-,26?/m0/s1. The second kappa shape index (κ2) is 10.9. The van der Waals surface area contributed by atoms with Gasteiger partial charge in [0, 0.05) is 49.1 Å². The molecule has 2 aromatic carbocycles. The number of H-pyrrole nitrogens is 1. The highest BCUT2D eigenvalue weighted by molar-refractivity contribution is 7.17. The van der Waals surface area contributed by atoms with E-state index in [4.69, 9.17) is 0 Å². The molecule has 2 N–H and O–H groups in total. The Balaban J connectivity index is 1.44. The molecule has 0 spiro atoms. The summed E-state index contributed by atoms with van der Waals surface area (Å²) in [5.41, 5.74) is 9.11. The van der Waals surface area contributed by atoms with Crippen LogP contribution in [0.15, 0.2) is 46.6 Å². The quantitative estimate of drug-likeness (QED) is 0.261. The zero-order chi connectivity index (χ0) is 28.8. The fraction of sp³-hybridized carbons (Fsp3) is 0.375. The maximum atomic E-state index is 12.2. The molecule has 1 aliphatic rings. The van der Waals surface area contributed by atoms with Gasteiger partial charge in [-0.2, -0.15) is 0 Å². The Labute approximate surface area is 242 Å². The van der Waals surface area contributed by atoms with Gasteiger partial charge in [-0.3, -0.25) is 14.5 Å². The number of hydrogen-bond acceptors (Lipinski definition) is 6. The number of fused-ring (bicyclic) bond motifs is 3. The molecule has 4 heterocycles. The first kappa shape index (κ1) is 27.4. The van der Waals surface area contributed by atoms with Gasteiger partial charge >= 0.3 is 5.97 Å². The molecule has 1 aliphatic heterocycles. The average Bonchev–Trinajstić information content (AvgIpc) is 3.53. The van der Waals surface area contributed by atoms with Crippen molar-refractivity contribution < 1.29 is 9.90 Å². The van der Waals surface area contributed by atoms with Gasteiger partial charge < -0.3 is 10.1 Å². The van der Waals surface area contributed by atoms with Crippen molar-refractivity contribution in [3.8, 4) is 0 Å². The van der Waals surface area contributed by atoms with Crippen LogP contribution in [0.4, 0.5) is 0 Å². The van der Waals surface area contributed by atoms with Crippen LogP contribution in [-0.4, -0.2) is 42.5 Å². The van der Waals surface area contributed by atoms with Crippen molar-refractivity contribution in [1.29, 1.82) is 0 Å². The van der Waals surface area contributed by atoms with E-state index in [0.29, 0.717) is 12.5 Å². The van der Waals surface area contributed by atoms with E-state index in [-0.39, 0.29) is 17.9 Å². The number of thiophene rings is 1. The number of aliphatic carboxylic acids is 1. The summed E-state index contributed by atoms with van der Waals surface area (Å²) in [6.45, 7) is 8.62. The maximum absolute atomic E-state index is 12.2. The Hall–Kier alpha value is -3.82. The van der Waals surface area contributed by atoms with E-state index in [9.17, 15) is 14.7 Å². The molecule has 0 radical (unpaired) electrons. The zero-order valence-electron chi connectivity index (χ0n) is 23.9. The summed E-state index contributed by atoms with van der Waals surface area (Å²) in [5, 5.41) is 21.9. The van der Waals surface area contributed by atoms with Gasteiger partial charge in [0.1, 0.15) is 5.52 Å². The Bertz CT molecular complexity index is 1830. The molecule has 212 valence electrons. The number of benzene rings is 2. The third-order valence-corrected chi connectivity index (χ3v) is 9.65. The van der Waals surface area contributed by atoms with Gasteiger partial charge in [0.05, 0.1) is 11.9 Å². The number of carboxylic acids is 1. The number of pyridine rings is 1. The lowest BCUT2D eigenvalue weighted by atomic mass is 9.83. The smallest absolute Gasteiger partial charge is 0.304 e.